The monoisotopic (exact) mass is 220 g/mol. The minimum absolute atomic E-state index is 0.0384. The van der Waals surface area contributed by atoms with Gasteiger partial charge in [0.1, 0.15) is 0 Å². The van der Waals surface area contributed by atoms with E-state index in [-0.39, 0.29) is 12.6 Å². The van der Waals surface area contributed by atoms with Gasteiger partial charge < -0.3 is 16.2 Å². The summed E-state index contributed by atoms with van der Waals surface area (Å²) >= 11 is 0. The second kappa shape index (κ2) is 5.43. The summed E-state index contributed by atoms with van der Waals surface area (Å²) < 4.78 is 0. The maximum absolute atomic E-state index is 9.41. The second-order valence-electron chi connectivity index (χ2n) is 4.58. The van der Waals surface area contributed by atoms with E-state index in [1.54, 1.807) is 0 Å². The van der Waals surface area contributed by atoms with E-state index in [2.05, 4.69) is 5.32 Å². The van der Waals surface area contributed by atoms with Crippen LogP contribution in [-0.4, -0.2) is 23.8 Å². The average molecular weight is 220 g/mol. The van der Waals surface area contributed by atoms with Gasteiger partial charge in [-0.3, -0.25) is 0 Å². The van der Waals surface area contributed by atoms with Gasteiger partial charge in [-0.2, -0.15) is 0 Å². The Balaban J connectivity index is 1.96. The van der Waals surface area contributed by atoms with Gasteiger partial charge in [0.25, 0.3) is 0 Å². The lowest BCUT2D eigenvalue weighted by molar-refractivity contribution is 0.232. The zero-order chi connectivity index (χ0) is 11.4. The van der Waals surface area contributed by atoms with Crippen LogP contribution < -0.4 is 11.1 Å². The summed E-state index contributed by atoms with van der Waals surface area (Å²) in [7, 11) is 0. The van der Waals surface area contributed by atoms with E-state index in [0.29, 0.717) is 12.1 Å². The van der Waals surface area contributed by atoms with Crippen LogP contribution in [0.3, 0.4) is 0 Å². The van der Waals surface area contributed by atoms with Gasteiger partial charge in [-0.1, -0.05) is 30.3 Å². The predicted octanol–water partition coefficient (Wildman–Crippen LogP) is 1.19. The smallest absolute Gasteiger partial charge is 0.0626 e. The van der Waals surface area contributed by atoms with E-state index in [4.69, 9.17) is 5.73 Å². The van der Waals surface area contributed by atoms with Crippen molar-refractivity contribution >= 4 is 0 Å². The molecule has 0 radical (unpaired) electrons. The van der Waals surface area contributed by atoms with Crippen LogP contribution in [0.2, 0.25) is 0 Å². The highest BCUT2D eigenvalue weighted by molar-refractivity contribution is 5.19. The van der Waals surface area contributed by atoms with Crippen LogP contribution in [0.15, 0.2) is 30.3 Å². The molecule has 3 heteroatoms. The lowest BCUT2D eigenvalue weighted by atomic mass is 10.1. The molecule has 3 nitrogen and oxygen atoms in total. The Morgan fingerprint density at radius 1 is 1.31 bits per heavy atom. The van der Waals surface area contributed by atoms with Gasteiger partial charge in [0.2, 0.25) is 0 Å². The molecule has 2 rings (SSSR count). The molecule has 88 valence electrons. The Morgan fingerprint density at radius 3 is 2.62 bits per heavy atom. The zero-order valence-corrected chi connectivity index (χ0v) is 9.47. The third kappa shape index (κ3) is 2.82. The number of nitrogens with two attached hydrogens (primary N) is 1. The first kappa shape index (κ1) is 11.6. The van der Waals surface area contributed by atoms with Gasteiger partial charge in [-0.25, -0.2) is 0 Å². The normalized spacial score (nSPS) is 26.9. The summed E-state index contributed by atoms with van der Waals surface area (Å²) in [6.45, 7) is 0.135. The molecule has 0 aromatic heterocycles. The maximum atomic E-state index is 9.41. The first-order chi connectivity index (χ1) is 7.79. The Bertz CT molecular complexity index is 315. The molecule has 1 aromatic rings. The molecular formula is C13H20N2O. The van der Waals surface area contributed by atoms with Crippen molar-refractivity contribution in [3.05, 3.63) is 35.9 Å². The summed E-state index contributed by atoms with van der Waals surface area (Å²) in [5, 5.41) is 12.9. The minimum atomic E-state index is 0.0384. The van der Waals surface area contributed by atoms with E-state index < -0.39 is 0 Å². The minimum Gasteiger partial charge on any atom is -0.394 e. The van der Waals surface area contributed by atoms with Crippen LogP contribution in [0, 0.1) is 0 Å². The highest BCUT2D eigenvalue weighted by Gasteiger charge is 2.24. The molecule has 0 amide bonds. The van der Waals surface area contributed by atoms with Crippen molar-refractivity contribution in [2.24, 2.45) is 5.73 Å². The lowest BCUT2D eigenvalue weighted by Crippen LogP contribution is -2.34. The number of hydrogen-bond donors (Lipinski definition) is 3. The molecule has 0 heterocycles. The quantitative estimate of drug-likeness (QED) is 0.714. The average Bonchev–Trinajstić information content (AvgIpc) is 2.73. The highest BCUT2D eigenvalue weighted by Crippen LogP contribution is 2.21. The fourth-order valence-corrected chi connectivity index (χ4v) is 2.39. The Kier molecular flexibility index (Phi) is 3.93. The fraction of sp³-hybridized carbons (Fsp3) is 0.538. The van der Waals surface area contributed by atoms with Gasteiger partial charge in [0, 0.05) is 12.1 Å². The molecule has 1 saturated carbocycles. The van der Waals surface area contributed by atoms with Crippen molar-refractivity contribution in [3.8, 4) is 0 Å². The summed E-state index contributed by atoms with van der Waals surface area (Å²) in [6, 6.07) is 10.9. The van der Waals surface area contributed by atoms with Crippen molar-refractivity contribution in [1.82, 2.24) is 5.32 Å². The van der Waals surface area contributed by atoms with E-state index in [1.807, 2.05) is 30.3 Å². The third-order valence-electron chi connectivity index (χ3n) is 3.29. The number of benzene rings is 1. The molecule has 0 spiro atoms. The van der Waals surface area contributed by atoms with E-state index in [1.165, 1.54) is 0 Å². The van der Waals surface area contributed by atoms with Crippen molar-refractivity contribution in [3.63, 3.8) is 0 Å². The molecule has 4 N–H and O–H groups in total. The van der Waals surface area contributed by atoms with Crippen LogP contribution in [0.1, 0.15) is 30.9 Å². The maximum Gasteiger partial charge on any atom is 0.0626 e. The number of hydrogen-bond acceptors (Lipinski definition) is 3. The predicted molar refractivity (Wildman–Crippen MR) is 65.0 cm³/mol. The number of aliphatic hydroxyl groups is 1. The van der Waals surface area contributed by atoms with E-state index >= 15 is 0 Å². The summed E-state index contributed by atoms with van der Waals surface area (Å²) in [5.41, 5.74) is 7.02. The molecule has 1 aromatic carbocycles. The molecule has 16 heavy (non-hydrogen) atoms. The standard InChI is InChI=1S/C13H20N2O/c14-11-6-7-12(8-11)15-13(9-16)10-4-2-1-3-5-10/h1-5,11-13,15-16H,6-9,14H2. The Hall–Kier alpha value is -0.900. The summed E-state index contributed by atoms with van der Waals surface area (Å²) in [6.07, 6.45) is 3.22. The first-order valence-electron chi connectivity index (χ1n) is 5.97. The second-order valence-corrected chi connectivity index (χ2v) is 4.58. The molecule has 3 unspecified atom stereocenters. The van der Waals surface area contributed by atoms with Crippen LogP contribution in [0.25, 0.3) is 0 Å². The molecule has 3 atom stereocenters. The van der Waals surface area contributed by atoms with Gasteiger partial charge in [-0.05, 0) is 24.8 Å². The SMILES string of the molecule is NC1CCC(NC(CO)c2ccccc2)C1. The molecular weight excluding hydrogens is 200 g/mol. The van der Waals surface area contributed by atoms with Gasteiger partial charge in [0.05, 0.1) is 12.6 Å². The topological polar surface area (TPSA) is 58.3 Å². The summed E-state index contributed by atoms with van der Waals surface area (Å²) in [4.78, 5) is 0. The van der Waals surface area contributed by atoms with Crippen molar-refractivity contribution in [2.45, 2.75) is 37.4 Å². The van der Waals surface area contributed by atoms with Gasteiger partial charge in [0.15, 0.2) is 0 Å². The van der Waals surface area contributed by atoms with Crippen LogP contribution >= 0.6 is 0 Å². The van der Waals surface area contributed by atoms with Crippen LogP contribution in [0.5, 0.6) is 0 Å². The first-order valence-corrected chi connectivity index (χ1v) is 5.97. The largest absolute Gasteiger partial charge is 0.394 e. The van der Waals surface area contributed by atoms with E-state index in [9.17, 15) is 5.11 Å². The van der Waals surface area contributed by atoms with Crippen LogP contribution in [-0.2, 0) is 0 Å². The summed E-state index contributed by atoms with van der Waals surface area (Å²) in [5.74, 6) is 0. The van der Waals surface area contributed by atoms with Crippen molar-refractivity contribution in [2.75, 3.05) is 6.61 Å². The Labute approximate surface area is 96.7 Å². The van der Waals surface area contributed by atoms with Gasteiger partial charge in [-0.15, -0.1) is 0 Å². The third-order valence-corrected chi connectivity index (χ3v) is 3.29. The Morgan fingerprint density at radius 2 is 2.06 bits per heavy atom. The highest BCUT2D eigenvalue weighted by atomic mass is 16.3. The molecule has 1 aliphatic carbocycles. The van der Waals surface area contributed by atoms with Gasteiger partial charge >= 0.3 is 0 Å². The molecule has 0 bridgehead atoms. The number of rotatable bonds is 4. The van der Waals surface area contributed by atoms with Crippen molar-refractivity contribution in [1.29, 1.82) is 0 Å². The molecule has 1 aliphatic rings. The van der Waals surface area contributed by atoms with Crippen molar-refractivity contribution < 1.29 is 5.11 Å². The fourth-order valence-electron chi connectivity index (χ4n) is 2.39. The van der Waals surface area contributed by atoms with Crippen LogP contribution in [0.4, 0.5) is 0 Å². The number of nitrogens with one attached hydrogen (secondary N) is 1. The molecule has 0 saturated heterocycles. The zero-order valence-electron chi connectivity index (χ0n) is 9.47. The lowest BCUT2D eigenvalue weighted by Gasteiger charge is -2.21. The molecule has 1 fully saturated rings. The molecule has 0 aliphatic heterocycles. The van der Waals surface area contributed by atoms with E-state index in [0.717, 1.165) is 24.8 Å². The number of aliphatic hydroxyl groups excluding tert-OH is 1.